The lowest BCUT2D eigenvalue weighted by Gasteiger charge is -2.25. The van der Waals surface area contributed by atoms with Gasteiger partial charge in [0.05, 0.1) is 6.54 Å². The first-order valence-electron chi connectivity index (χ1n) is 4.14. The van der Waals surface area contributed by atoms with Gasteiger partial charge in [-0.15, -0.1) is 6.58 Å². The van der Waals surface area contributed by atoms with Gasteiger partial charge in [0, 0.05) is 12.2 Å². The number of anilines is 1. The van der Waals surface area contributed by atoms with Crippen molar-refractivity contribution in [2.75, 3.05) is 11.4 Å². The summed E-state index contributed by atoms with van der Waals surface area (Å²) in [6.07, 6.45) is 3.93. The molecule has 5 heteroatoms. The number of rotatable bonds is 2. The Labute approximate surface area is 76.3 Å². The number of aromatic nitrogens is 4. The van der Waals surface area contributed by atoms with E-state index in [4.69, 9.17) is 0 Å². The Kier molecular flexibility index (Phi) is 1.84. The number of nitrogens with zero attached hydrogens (tertiary/aromatic N) is 5. The molecule has 0 radical (unpaired) electrons. The zero-order valence-corrected chi connectivity index (χ0v) is 7.51. The molecule has 1 aromatic heterocycles. The highest BCUT2D eigenvalue weighted by molar-refractivity contribution is 5.41. The standard InChI is InChI=1S/C8H11N5/c1-3-5-12-7(2)4-6-13-8(12)9-10-11-13/h3-4H,1,5-6H2,2H3. The molecule has 1 aromatic rings. The number of tetrazole rings is 1. The molecule has 0 aromatic carbocycles. The number of hydrogen-bond acceptors (Lipinski definition) is 4. The van der Waals surface area contributed by atoms with Crippen LogP contribution in [-0.2, 0) is 6.54 Å². The Morgan fingerprint density at radius 1 is 1.69 bits per heavy atom. The maximum Gasteiger partial charge on any atom is 0.250 e. The monoisotopic (exact) mass is 177 g/mol. The first kappa shape index (κ1) is 7.97. The number of hydrogen-bond donors (Lipinski definition) is 0. The summed E-state index contributed by atoms with van der Waals surface area (Å²) in [4.78, 5) is 2.02. The van der Waals surface area contributed by atoms with Gasteiger partial charge in [0.1, 0.15) is 0 Å². The van der Waals surface area contributed by atoms with Gasteiger partial charge in [-0.1, -0.05) is 11.2 Å². The van der Waals surface area contributed by atoms with Crippen LogP contribution in [0.3, 0.4) is 0 Å². The summed E-state index contributed by atoms with van der Waals surface area (Å²) in [6.45, 7) is 7.23. The molecular formula is C8H11N5. The second-order valence-electron chi connectivity index (χ2n) is 2.91. The van der Waals surface area contributed by atoms with Crippen molar-refractivity contribution in [1.29, 1.82) is 0 Å². The summed E-state index contributed by atoms with van der Waals surface area (Å²) in [5.74, 6) is 0.792. The molecule has 0 fully saturated rings. The molecule has 0 saturated carbocycles. The molecule has 0 aliphatic carbocycles. The molecular weight excluding hydrogens is 166 g/mol. The Morgan fingerprint density at radius 3 is 3.31 bits per heavy atom. The molecule has 2 rings (SSSR count). The Hall–Kier alpha value is -1.65. The highest BCUT2D eigenvalue weighted by Gasteiger charge is 2.18. The predicted octanol–water partition coefficient (Wildman–Crippen LogP) is 0.583. The van der Waals surface area contributed by atoms with Crippen molar-refractivity contribution in [1.82, 2.24) is 20.2 Å². The van der Waals surface area contributed by atoms with Gasteiger partial charge in [0.25, 0.3) is 0 Å². The smallest absolute Gasteiger partial charge is 0.250 e. The van der Waals surface area contributed by atoms with Crippen LogP contribution in [0.15, 0.2) is 24.4 Å². The lowest BCUT2D eigenvalue weighted by Crippen LogP contribution is -2.28. The first-order valence-corrected chi connectivity index (χ1v) is 4.14. The molecule has 5 nitrogen and oxygen atoms in total. The van der Waals surface area contributed by atoms with Crippen LogP contribution in [-0.4, -0.2) is 26.8 Å². The van der Waals surface area contributed by atoms with Gasteiger partial charge < -0.3 is 4.90 Å². The van der Waals surface area contributed by atoms with Gasteiger partial charge in [-0.3, -0.25) is 0 Å². The van der Waals surface area contributed by atoms with Crippen molar-refractivity contribution in [3.63, 3.8) is 0 Å². The topological polar surface area (TPSA) is 46.8 Å². The molecule has 0 amide bonds. The van der Waals surface area contributed by atoms with Crippen molar-refractivity contribution < 1.29 is 0 Å². The average Bonchev–Trinajstić information content (AvgIpc) is 2.58. The second kappa shape index (κ2) is 3.01. The fraction of sp³-hybridized carbons (Fsp3) is 0.375. The van der Waals surface area contributed by atoms with Gasteiger partial charge >= 0.3 is 0 Å². The Bertz CT molecular complexity index is 351. The normalized spacial score (nSPS) is 15.2. The summed E-state index contributed by atoms with van der Waals surface area (Å²) in [5, 5.41) is 11.4. The van der Waals surface area contributed by atoms with Crippen LogP contribution in [0, 0.1) is 0 Å². The first-order chi connectivity index (χ1) is 6.33. The van der Waals surface area contributed by atoms with E-state index in [1.165, 1.54) is 5.70 Å². The van der Waals surface area contributed by atoms with Gasteiger partial charge in [-0.25, -0.2) is 4.68 Å². The van der Waals surface area contributed by atoms with E-state index < -0.39 is 0 Å². The van der Waals surface area contributed by atoms with E-state index in [1.54, 1.807) is 4.68 Å². The van der Waals surface area contributed by atoms with E-state index in [1.807, 2.05) is 17.9 Å². The SMILES string of the molecule is C=CCN1C(C)=CCn2nnnc21. The van der Waals surface area contributed by atoms with Crippen molar-refractivity contribution in [3.8, 4) is 0 Å². The molecule has 68 valence electrons. The van der Waals surface area contributed by atoms with Crippen LogP contribution in [0.4, 0.5) is 5.95 Å². The summed E-state index contributed by atoms with van der Waals surface area (Å²) in [7, 11) is 0. The van der Waals surface area contributed by atoms with E-state index in [0.717, 1.165) is 19.0 Å². The third-order valence-electron chi connectivity index (χ3n) is 2.05. The molecule has 0 spiro atoms. The molecule has 0 atom stereocenters. The van der Waals surface area contributed by atoms with Crippen LogP contribution in [0.25, 0.3) is 0 Å². The zero-order chi connectivity index (χ0) is 9.26. The van der Waals surface area contributed by atoms with Crippen LogP contribution in [0.1, 0.15) is 6.92 Å². The molecule has 0 saturated heterocycles. The lowest BCUT2D eigenvalue weighted by molar-refractivity contribution is 0.634. The Balaban J connectivity index is 2.36. The highest BCUT2D eigenvalue weighted by atomic mass is 15.6. The number of allylic oxidation sites excluding steroid dienone is 2. The summed E-state index contributed by atoms with van der Waals surface area (Å²) in [5.41, 5.74) is 1.17. The summed E-state index contributed by atoms with van der Waals surface area (Å²) in [6, 6.07) is 0. The van der Waals surface area contributed by atoms with E-state index in [9.17, 15) is 0 Å². The average molecular weight is 177 g/mol. The second-order valence-corrected chi connectivity index (χ2v) is 2.91. The van der Waals surface area contributed by atoms with Crippen LogP contribution in [0.2, 0.25) is 0 Å². The van der Waals surface area contributed by atoms with Crippen LogP contribution in [0.5, 0.6) is 0 Å². The van der Waals surface area contributed by atoms with Gasteiger partial charge in [0.15, 0.2) is 0 Å². The van der Waals surface area contributed by atoms with Crippen molar-refractivity contribution in [2.24, 2.45) is 0 Å². The van der Waals surface area contributed by atoms with Crippen molar-refractivity contribution >= 4 is 5.95 Å². The predicted molar refractivity (Wildman–Crippen MR) is 49.1 cm³/mol. The maximum absolute atomic E-state index is 3.95. The minimum Gasteiger partial charge on any atom is -0.310 e. The highest BCUT2D eigenvalue weighted by Crippen LogP contribution is 2.19. The molecule has 1 aliphatic rings. The minimum absolute atomic E-state index is 0.739. The van der Waals surface area contributed by atoms with Gasteiger partial charge in [-0.05, 0) is 23.4 Å². The van der Waals surface area contributed by atoms with Gasteiger partial charge in [-0.2, -0.15) is 0 Å². The van der Waals surface area contributed by atoms with E-state index in [2.05, 4.69) is 28.2 Å². The van der Waals surface area contributed by atoms with E-state index in [-0.39, 0.29) is 0 Å². The van der Waals surface area contributed by atoms with Crippen molar-refractivity contribution in [2.45, 2.75) is 13.5 Å². The van der Waals surface area contributed by atoms with E-state index >= 15 is 0 Å². The van der Waals surface area contributed by atoms with Crippen LogP contribution >= 0.6 is 0 Å². The fourth-order valence-corrected chi connectivity index (χ4v) is 1.35. The molecule has 1 aliphatic heterocycles. The maximum atomic E-state index is 3.95. The Morgan fingerprint density at radius 2 is 2.54 bits per heavy atom. The summed E-state index contributed by atoms with van der Waals surface area (Å²) >= 11 is 0. The lowest BCUT2D eigenvalue weighted by atomic mass is 10.3. The van der Waals surface area contributed by atoms with E-state index in [0.29, 0.717) is 0 Å². The third kappa shape index (κ3) is 1.22. The number of fused-ring (bicyclic) bond motifs is 1. The molecule has 0 unspecified atom stereocenters. The molecule has 0 N–H and O–H groups in total. The summed E-state index contributed by atoms with van der Waals surface area (Å²) < 4.78 is 1.76. The van der Waals surface area contributed by atoms with Gasteiger partial charge in [0.2, 0.25) is 5.95 Å². The van der Waals surface area contributed by atoms with Crippen LogP contribution < -0.4 is 4.90 Å². The fourth-order valence-electron chi connectivity index (χ4n) is 1.35. The largest absolute Gasteiger partial charge is 0.310 e. The molecule has 13 heavy (non-hydrogen) atoms. The molecule has 0 bridgehead atoms. The molecule has 2 heterocycles. The third-order valence-corrected chi connectivity index (χ3v) is 2.05. The zero-order valence-electron chi connectivity index (χ0n) is 7.51. The van der Waals surface area contributed by atoms with Crippen molar-refractivity contribution in [3.05, 3.63) is 24.4 Å². The quantitative estimate of drug-likeness (QED) is 0.620. The minimum atomic E-state index is 0.739.